The monoisotopic (exact) mass is 335 g/mol. The molecule has 1 aromatic heterocycles. The van der Waals surface area contributed by atoms with Gasteiger partial charge in [0.1, 0.15) is 11.9 Å². The molecule has 2 saturated heterocycles. The second-order valence-electron chi connectivity index (χ2n) is 6.43. The van der Waals surface area contributed by atoms with Crippen LogP contribution in [-0.4, -0.2) is 79.0 Å². The van der Waals surface area contributed by atoms with Gasteiger partial charge >= 0.3 is 0 Å². The molecule has 0 radical (unpaired) electrons. The molecule has 0 spiro atoms. The molecule has 1 aromatic rings. The lowest BCUT2D eigenvalue weighted by Gasteiger charge is -2.35. The van der Waals surface area contributed by atoms with Gasteiger partial charge in [-0.25, -0.2) is 0 Å². The number of nitrogens with zero attached hydrogens (tertiary/aromatic N) is 3. The van der Waals surface area contributed by atoms with Gasteiger partial charge in [-0.1, -0.05) is 0 Å². The summed E-state index contributed by atoms with van der Waals surface area (Å²) in [4.78, 5) is 30.2. The third-order valence-electron chi connectivity index (χ3n) is 4.65. The molecule has 132 valence electrons. The van der Waals surface area contributed by atoms with Crippen LogP contribution in [0, 0.1) is 0 Å². The molecular formula is C17H25N3O4. The molecular weight excluding hydrogens is 310 g/mol. The number of carbonyl (C=O) groups is 2. The van der Waals surface area contributed by atoms with Crippen LogP contribution in [0.15, 0.2) is 22.8 Å². The van der Waals surface area contributed by atoms with Crippen molar-refractivity contribution in [1.82, 2.24) is 14.7 Å². The molecule has 2 aliphatic rings. The van der Waals surface area contributed by atoms with E-state index < -0.39 is 0 Å². The number of furan rings is 1. The van der Waals surface area contributed by atoms with E-state index in [0.717, 1.165) is 31.7 Å². The van der Waals surface area contributed by atoms with Gasteiger partial charge in [0, 0.05) is 39.8 Å². The molecule has 2 aliphatic heterocycles. The van der Waals surface area contributed by atoms with E-state index in [-0.39, 0.29) is 17.9 Å². The molecule has 3 rings (SSSR count). The molecule has 7 heteroatoms. The molecule has 7 nitrogen and oxygen atoms in total. The van der Waals surface area contributed by atoms with E-state index >= 15 is 0 Å². The number of hydrogen-bond donors (Lipinski definition) is 0. The first-order valence-electron chi connectivity index (χ1n) is 8.52. The van der Waals surface area contributed by atoms with Crippen molar-refractivity contribution in [1.29, 1.82) is 0 Å². The number of ether oxygens (including phenoxy) is 1. The van der Waals surface area contributed by atoms with Crippen LogP contribution in [0.1, 0.15) is 18.6 Å². The highest BCUT2D eigenvalue weighted by molar-refractivity contribution is 5.81. The average Bonchev–Trinajstić information content (AvgIpc) is 3.28. The standard InChI is InChI=1S/C17H25N3O4/c1-18(12-14-4-2-10-23-14)16(21)13-19-6-8-20(9-7-19)17(22)15-5-3-11-24-15/h2,4,10,15H,3,5-9,11-13H2,1H3. The minimum Gasteiger partial charge on any atom is -0.467 e. The quantitative estimate of drug-likeness (QED) is 0.787. The number of carbonyl (C=O) groups excluding carboxylic acids is 2. The van der Waals surface area contributed by atoms with Crippen molar-refractivity contribution in [2.45, 2.75) is 25.5 Å². The molecule has 1 atom stereocenters. The Bertz CT molecular complexity index is 546. The maximum atomic E-state index is 12.3. The largest absolute Gasteiger partial charge is 0.467 e. The van der Waals surface area contributed by atoms with Crippen molar-refractivity contribution in [3.05, 3.63) is 24.2 Å². The summed E-state index contributed by atoms with van der Waals surface area (Å²) in [5, 5.41) is 0. The van der Waals surface area contributed by atoms with Gasteiger partial charge in [0.15, 0.2) is 0 Å². The van der Waals surface area contributed by atoms with E-state index in [0.29, 0.717) is 32.8 Å². The summed E-state index contributed by atoms with van der Waals surface area (Å²) >= 11 is 0. The van der Waals surface area contributed by atoms with Crippen LogP contribution >= 0.6 is 0 Å². The molecule has 1 unspecified atom stereocenters. The first-order chi connectivity index (χ1) is 11.6. The molecule has 0 N–H and O–H groups in total. The van der Waals surface area contributed by atoms with Gasteiger partial charge in [-0.3, -0.25) is 14.5 Å². The van der Waals surface area contributed by atoms with E-state index in [9.17, 15) is 9.59 Å². The molecule has 0 saturated carbocycles. The third kappa shape index (κ3) is 4.15. The Morgan fingerprint density at radius 1 is 1.29 bits per heavy atom. The maximum absolute atomic E-state index is 12.3. The zero-order chi connectivity index (χ0) is 16.9. The van der Waals surface area contributed by atoms with Crippen molar-refractivity contribution in [3.8, 4) is 0 Å². The predicted molar refractivity (Wildman–Crippen MR) is 87.2 cm³/mol. The van der Waals surface area contributed by atoms with Crippen molar-refractivity contribution >= 4 is 11.8 Å². The number of amides is 2. The Kier molecular flexibility index (Phi) is 5.52. The van der Waals surface area contributed by atoms with Crippen LogP contribution in [0.3, 0.4) is 0 Å². The number of rotatable bonds is 5. The zero-order valence-corrected chi connectivity index (χ0v) is 14.1. The summed E-state index contributed by atoms with van der Waals surface area (Å²) < 4.78 is 10.7. The average molecular weight is 335 g/mol. The lowest BCUT2D eigenvalue weighted by Crippen LogP contribution is -2.53. The Labute approximate surface area is 142 Å². The zero-order valence-electron chi connectivity index (χ0n) is 14.1. The fourth-order valence-corrected chi connectivity index (χ4v) is 3.14. The van der Waals surface area contributed by atoms with Crippen LogP contribution in [0.2, 0.25) is 0 Å². The van der Waals surface area contributed by atoms with Gasteiger partial charge in [-0.15, -0.1) is 0 Å². The fourth-order valence-electron chi connectivity index (χ4n) is 3.14. The summed E-state index contributed by atoms with van der Waals surface area (Å²) in [5.74, 6) is 0.941. The fraction of sp³-hybridized carbons (Fsp3) is 0.647. The van der Waals surface area contributed by atoms with E-state index in [1.54, 1.807) is 18.2 Å². The van der Waals surface area contributed by atoms with Gasteiger partial charge in [-0.2, -0.15) is 0 Å². The van der Waals surface area contributed by atoms with Gasteiger partial charge in [0.2, 0.25) is 5.91 Å². The molecule has 24 heavy (non-hydrogen) atoms. The molecule has 2 amide bonds. The second kappa shape index (κ2) is 7.81. The topological polar surface area (TPSA) is 66.2 Å². The van der Waals surface area contributed by atoms with Crippen molar-refractivity contribution in [2.75, 3.05) is 46.4 Å². The van der Waals surface area contributed by atoms with Gasteiger partial charge in [-0.05, 0) is 25.0 Å². The molecule has 0 aliphatic carbocycles. The van der Waals surface area contributed by atoms with Crippen LogP contribution in [0.4, 0.5) is 0 Å². The van der Waals surface area contributed by atoms with E-state index in [4.69, 9.17) is 9.15 Å². The molecule has 3 heterocycles. The first-order valence-corrected chi connectivity index (χ1v) is 8.52. The van der Waals surface area contributed by atoms with Crippen LogP contribution < -0.4 is 0 Å². The minimum absolute atomic E-state index is 0.0605. The summed E-state index contributed by atoms with van der Waals surface area (Å²) in [6, 6.07) is 3.68. The number of hydrogen-bond acceptors (Lipinski definition) is 5. The smallest absolute Gasteiger partial charge is 0.251 e. The van der Waals surface area contributed by atoms with Crippen molar-refractivity contribution in [2.24, 2.45) is 0 Å². The highest BCUT2D eigenvalue weighted by Crippen LogP contribution is 2.16. The summed E-state index contributed by atoms with van der Waals surface area (Å²) in [6.45, 7) is 4.30. The Hall–Kier alpha value is -1.86. The highest BCUT2D eigenvalue weighted by Gasteiger charge is 2.30. The molecule has 0 aromatic carbocycles. The summed E-state index contributed by atoms with van der Waals surface area (Å²) in [5.41, 5.74) is 0. The summed E-state index contributed by atoms with van der Waals surface area (Å²) in [6.07, 6.45) is 3.15. The van der Waals surface area contributed by atoms with Gasteiger partial charge in [0.05, 0.1) is 19.4 Å². The SMILES string of the molecule is CN(Cc1ccco1)C(=O)CN1CCN(C(=O)C2CCCO2)CC1. The highest BCUT2D eigenvalue weighted by atomic mass is 16.5. The summed E-state index contributed by atoms with van der Waals surface area (Å²) in [7, 11) is 1.78. The molecule has 0 bridgehead atoms. The van der Waals surface area contributed by atoms with Gasteiger partial charge in [0.25, 0.3) is 5.91 Å². The third-order valence-corrected chi connectivity index (χ3v) is 4.65. The lowest BCUT2D eigenvalue weighted by atomic mass is 10.2. The minimum atomic E-state index is -0.252. The maximum Gasteiger partial charge on any atom is 0.251 e. The van der Waals surface area contributed by atoms with Crippen LogP contribution in [0.25, 0.3) is 0 Å². The lowest BCUT2D eigenvalue weighted by molar-refractivity contribution is -0.143. The van der Waals surface area contributed by atoms with Crippen LogP contribution in [0.5, 0.6) is 0 Å². The van der Waals surface area contributed by atoms with E-state index in [2.05, 4.69) is 4.90 Å². The predicted octanol–water partition coefficient (Wildman–Crippen LogP) is 0.561. The van der Waals surface area contributed by atoms with E-state index in [1.165, 1.54) is 0 Å². The Morgan fingerprint density at radius 3 is 2.71 bits per heavy atom. The van der Waals surface area contributed by atoms with Crippen molar-refractivity contribution < 1.29 is 18.7 Å². The molecule has 2 fully saturated rings. The number of likely N-dealkylation sites (N-methyl/N-ethyl adjacent to an activating group) is 1. The number of piperazine rings is 1. The van der Waals surface area contributed by atoms with Crippen LogP contribution in [-0.2, 0) is 20.9 Å². The normalized spacial score (nSPS) is 21.9. The first kappa shape index (κ1) is 17.0. The second-order valence-corrected chi connectivity index (χ2v) is 6.43. The Balaban J connectivity index is 1.41. The van der Waals surface area contributed by atoms with Crippen molar-refractivity contribution in [3.63, 3.8) is 0 Å². The van der Waals surface area contributed by atoms with E-state index in [1.807, 2.05) is 17.0 Å². The van der Waals surface area contributed by atoms with Gasteiger partial charge < -0.3 is 19.0 Å². The Morgan fingerprint density at radius 2 is 2.08 bits per heavy atom.